The molecule has 9 nitrogen and oxygen atoms in total. The van der Waals surface area contributed by atoms with Crippen LogP contribution in [-0.4, -0.2) is 66.7 Å². The first-order valence-electron chi connectivity index (χ1n) is 10.2. The molecule has 1 N–H and O–H groups in total. The van der Waals surface area contributed by atoms with Crippen LogP contribution < -0.4 is 10.2 Å². The molecule has 1 unspecified atom stereocenters. The predicted octanol–water partition coefficient (Wildman–Crippen LogP) is 1.15. The highest BCUT2D eigenvalue weighted by Crippen LogP contribution is 2.31. The summed E-state index contributed by atoms with van der Waals surface area (Å²) < 4.78 is 5.40. The van der Waals surface area contributed by atoms with Crippen LogP contribution in [0.25, 0.3) is 0 Å². The SMILES string of the molecule is CN(C(=O)c1cccc(N2CC(C(=O)OC(C)(C)C)C2)c1C=O)C1CCC(=O)NC1=O. The first kappa shape index (κ1) is 22.5. The Labute approximate surface area is 180 Å². The van der Waals surface area contributed by atoms with Crippen molar-refractivity contribution in [1.29, 1.82) is 0 Å². The van der Waals surface area contributed by atoms with Crippen LogP contribution in [0.3, 0.4) is 0 Å². The Hall–Kier alpha value is -3.23. The number of ether oxygens (including phenoxy) is 1. The molecule has 2 saturated heterocycles. The van der Waals surface area contributed by atoms with Crippen LogP contribution >= 0.6 is 0 Å². The summed E-state index contributed by atoms with van der Waals surface area (Å²) in [5.41, 5.74) is 0.352. The molecule has 1 aromatic carbocycles. The molecular formula is C22H27N3O6. The Kier molecular flexibility index (Phi) is 6.15. The smallest absolute Gasteiger partial charge is 0.313 e. The van der Waals surface area contributed by atoms with Gasteiger partial charge in [0, 0.05) is 32.2 Å². The van der Waals surface area contributed by atoms with Gasteiger partial charge >= 0.3 is 5.97 Å². The van der Waals surface area contributed by atoms with E-state index in [0.29, 0.717) is 25.1 Å². The summed E-state index contributed by atoms with van der Waals surface area (Å²) in [4.78, 5) is 63.8. The molecule has 0 bridgehead atoms. The molecule has 2 heterocycles. The number of nitrogens with one attached hydrogen (secondary N) is 1. The number of piperidine rings is 1. The summed E-state index contributed by atoms with van der Waals surface area (Å²) in [6.07, 6.45) is 0.989. The van der Waals surface area contributed by atoms with Gasteiger partial charge in [-0.25, -0.2) is 0 Å². The van der Waals surface area contributed by atoms with Crippen molar-refractivity contribution in [3.05, 3.63) is 29.3 Å². The van der Waals surface area contributed by atoms with Gasteiger partial charge in [0.1, 0.15) is 11.6 Å². The quantitative estimate of drug-likeness (QED) is 0.424. The minimum Gasteiger partial charge on any atom is -0.460 e. The zero-order valence-corrected chi connectivity index (χ0v) is 18.1. The topological polar surface area (TPSA) is 113 Å². The van der Waals surface area contributed by atoms with Gasteiger partial charge in [0.2, 0.25) is 11.8 Å². The van der Waals surface area contributed by atoms with Crippen molar-refractivity contribution < 1.29 is 28.7 Å². The number of nitrogens with zero attached hydrogens (tertiary/aromatic N) is 2. The van der Waals surface area contributed by atoms with E-state index in [1.807, 2.05) is 4.90 Å². The molecule has 0 aromatic heterocycles. The highest BCUT2D eigenvalue weighted by atomic mass is 16.6. The Balaban J connectivity index is 1.76. The van der Waals surface area contributed by atoms with Crippen molar-refractivity contribution in [2.24, 2.45) is 5.92 Å². The number of rotatable bonds is 5. The maximum absolute atomic E-state index is 13.1. The second-order valence-electron chi connectivity index (χ2n) is 8.87. The van der Waals surface area contributed by atoms with Crippen molar-refractivity contribution in [1.82, 2.24) is 10.2 Å². The highest BCUT2D eigenvalue weighted by molar-refractivity contribution is 6.07. The summed E-state index contributed by atoms with van der Waals surface area (Å²) >= 11 is 0. The molecule has 0 saturated carbocycles. The van der Waals surface area contributed by atoms with Gasteiger partial charge in [0.05, 0.1) is 17.0 Å². The normalized spacial score (nSPS) is 19.4. The molecule has 0 aliphatic carbocycles. The largest absolute Gasteiger partial charge is 0.460 e. The number of likely N-dealkylation sites (N-methyl/N-ethyl adjacent to an activating group) is 1. The number of esters is 1. The highest BCUT2D eigenvalue weighted by Gasteiger charge is 2.38. The summed E-state index contributed by atoms with van der Waals surface area (Å²) in [5, 5.41) is 2.23. The molecule has 0 spiro atoms. The Morgan fingerprint density at radius 1 is 1.23 bits per heavy atom. The van der Waals surface area contributed by atoms with Gasteiger partial charge in [-0.1, -0.05) is 6.07 Å². The Morgan fingerprint density at radius 3 is 2.48 bits per heavy atom. The minimum atomic E-state index is -0.783. The third kappa shape index (κ3) is 4.76. The molecule has 1 atom stereocenters. The summed E-state index contributed by atoms with van der Waals surface area (Å²) in [6, 6.07) is 4.13. The van der Waals surface area contributed by atoms with Crippen LogP contribution in [0.2, 0.25) is 0 Å². The lowest BCUT2D eigenvalue weighted by molar-refractivity contribution is -0.160. The van der Waals surface area contributed by atoms with Gasteiger partial charge in [-0.3, -0.25) is 29.3 Å². The van der Waals surface area contributed by atoms with E-state index < -0.39 is 23.5 Å². The van der Waals surface area contributed by atoms with E-state index in [2.05, 4.69) is 5.32 Å². The fraction of sp³-hybridized carbons (Fsp3) is 0.500. The number of benzene rings is 1. The summed E-state index contributed by atoms with van der Waals surface area (Å²) in [7, 11) is 1.48. The zero-order valence-electron chi connectivity index (χ0n) is 18.1. The van der Waals surface area contributed by atoms with E-state index in [1.54, 1.807) is 32.9 Å². The number of amides is 3. The molecule has 3 rings (SSSR count). The number of aldehydes is 1. The number of carbonyl (C=O) groups excluding carboxylic acids is 5. The van der Waals surface area contributed by atoms with Gasteiger partial charge in [-0.2, -0.15) is 0 Å². The molecule has 1 aromatic rings. The average Bonchev–Trinajstić information content (AvgIpc) is 2.64. The molecule has 2 fully saturated rings. The van der Waals surface area contributed by atoms with Crippen LogP contribution in [0.4, 0.5) is 5.69 Å². The molecule has 31 heavy (non-hydrogen) atoms. The average molecular weight is 429 g/mol. The van der Waals surface area contributed by atoms with E-state index >= 15 is 0 Å². The van der Waals surface area contributed by atoms with Crippen LogP contribution in [-0.2, 0) is 19.1 Å². The summed E-state index contributed by atoms with van der Waals surface area (Å²) in [5.74, 6) is -1.97. The van der Waals surface area contributed by atoms with Crippen LogP contribution in [0.15, 0.2) is 18.2 Å². The Morgan fingerprint density at radius 2 is 1.90 bits per heavy atom. The molecule has 2 aliphatic rings. The lowest BCUT2D eigenvalue weighted by atomic mass is 9.95. The fourth-order valence-electron chi connectivity index (χ4n) is 3.73. The van der Waals surface area contributed by atoms with Gasteiger partial charge < -0.3 is 14.5 Å². The first-order valence-corrected chi connectivity index (χ1v) is 10.2. The van der Waals surface area contributed by atoms with E-state index in [0.717, 1.165) is 0 Å². The van der Waals surface area contributed by atoms with Crippen LogP contribution in [0.5, 0.6) is 0 Å². The second-order valence-corrected chi connectivity index (χ2v) is 8.87. The fourth-order valence-corrected chi connectivity index (χ4v) is 3.73. The molecule has 0 radical (unpaired) electrons. The van der Waals surface area contributed by atoms with E-state index in [4.69, 9.17) is 4.74 Å². The van der Waals surface area contributed by atoms with Gasteiger partial charge in [0.15, 0.2) is 6.29 Å². The molecule has 166 valence electrons. The van der Waals surface area contributed by atoms with Crippen molar-refractivity contribution >= 4 is 35.7 Å². The molecule has 9 heteroatoms. The van der Waals surface area contributed by atoms with Gasteiger partial charge in [-0.15, -0.1) is 0 Å². The predicted molar refractivity (Wildman–Crippen MR) is 112 cm³/mol. The van der Waals surface area contributed by atoms with Crippen molar-refractivity contribution in [3.8, 4) is 0 Å². The van der Waals surface area contributed by atoms with E-state index in [-0.39, 0.29) is 41.8 Å². The van der Waals surface area contributed by atoms with Gasteiger partial charge in [-0.05, 0) is 39.3 Å². The maximum atomic E-state index is 13.1. The third-order valence-electron chi connectivity index (χ3n) is 5.39. The number of imide groups is 1. The second kappa shape index (κ2) is 8.49. The van der Waals surface area contributed by atoms with E-state index in [1.165, 1.54) is 18.0 Å². The lowest BCUT2D eigenvalue weighted by Crippen LogP contribution is -2.53. The summed E-state index contributed by atoms with van der Waals surface area (Å²) in [6.45, 7) is 6.19. The molecule has 2 aliphatic heterocycles. The standard InChI is InChI=1S/C22H27N3O6/c1-22(2,3)31-21(30)13-10-25(11-13)16-7-5-6-14(15(16)12-26)20(29)24(4)17-8-9-18(27)23-19(17)28/h5-7,12-13,17H,8-11H2,1-4H3,(H,23,27,28). The van der Waals surface area contributed by atoms with E-state index in [9.17, 15) is 24.0 Å². The third-order valence-corrected chi connectivity index (χ3v) is 5.39. The van der Waals surface area contributed by atoms with Crippen molar-refractivity contribution in [2.45, 2.75) is 45.3 Å². The van der Waals surface area contributed by atoms with Crippen molar-refractivity contribution in [3.63, 3.8) is 0 Å². The van der Waals surface area contributed by atoms with Crippen molar-refractivity contribution in [2.75, 3.05) is 25.0 Å². The Bertz CT molecular complexity index is 930. The maximum Gasteiger partial charge on any atom is 0.313 e. The lowest BCUT2D eigenvalue weighted by Gasteiger charge is -2.41. The molecule has 3 amide bonds. The monoisotopic (exact) mass is 429 g/mol. The van der Waals surface area contributed by atoms with Crippen LogP contribution in [0, 0.1) is 5.92 Å². The number of hydrogen-bond acceptors (Lipinski definition) is 7. The number of hydrogen-bond donors (Lipinski definition) is 1. The minimum absolute atomic E-state index is 0.147. The first-order chi connectivity index (χ1) is 14.5. The number of carbonyl (C=O) groups is 5. The van der Waals surface area contributed by atoms with Gasteiger partial charge in [0.25, 0.3) is 5.91 Å². The van der Waals surface area contributed by atoms with Crippen LogP contribution in [0.1, 0.15) is 54.3 Å². The number of anilines is 1. The zero-order chi connectivity index (χ0) is 22.9. The molecular weight excluding hydrogens is 402 g/mol.